The molecule has 1 rings (SSSR count). The van der Waals surface area contributed by atoms with Gasteiger partial charge in [0.2, 0.25) is 0 Å². The zero-order chi connectivity index (χ0) is 8.97. The first-order chi connectivity index (χ1) is 5.74. The summed E-state index contributed by atoms with van der Waals surface area (Å²) in [6.07, 6.45) is 0. The number of nitrogens with one attached hydrogen (secondary N) is 1. The van der Waals surface area contributed by atoms with Gasteiger partial charge in [0.05, 0.1) is 5.69 Å². The molecule has 0 saturated heterocycles. The number of pyridine rings is 1. The Bertz CT molecular complexity index is 262. The highest BCUT2D eigenvalue weighted by Crippen LogP contribution is 2.15. The van der Waals surface area contributed by atoms with Gasteiger partial charge in [-0.3, -0.25) is 0 Å². The molecular formula is C8H12BrN3. The maximum absolute atomic E-state index is 5.34. The van der Waals surface area contributed by atoms with Crippen molar-refractivity contribution in [3.63, 3.8) is 0 Å². The Kier molecular flexibility index (Phi) is 3.49. The fourth-order valence-electron chi connectivity index (χ4n) is 0.843. The number of halogens is 1. The lowest BCUT2D eigenvalue weighted by Crippen LogP contribution is -2.13. The van der Waals surface area contributed by atoms with E-state index in [1.54, 1.807) is 0 Å². The normalized spacial score (nSPS) is 9.92. The van der Waals surface area contributed by atoms with E-state index < -0.39 is 0 Å². The number of hydrogen-bond donors (Lipinski definition) is 2. The first-order valence-corrected chi connectivity index (χ1v) is 4.60. The molecule has 12 heavy (non-hydrogen) atoms. The third-order valence-electron chi connectivity index (χ3n) is 1.47. The van der Waals surface area contributed by atoms with Crippen LogP contribution in [0.5, 0.6) is 0 Å². The Morgan fingerprint density at radius 2 is 2.33 bits per heavy atom. The van der Waals surface area contributed by atoms with Crippen LogP contribution in [0.4, 0.5) is 5.82 Å². The Morgan fingerprint density at radius 1 is 1.58 bits per heavy atom. The van der Waals surface area contributed by atoms with Crippen molar-refractivity contribution in [2.75, 3.05) is 18.4 Å². The van der Waals surface area contributed by atoms with Crippen LogP contribution in [0.2, 0.25) is 0 Å². The summed E-state index contributed by atoms with van der Waals surface area (Å²) in [7, 11) is 0. The maximum atomic E-state index is 5.34. The predicted octanol–water partition coefficient (Wildman–Crippen LogP) is 1.52. The smallest absolute Gasteiger partial charge is 0.126 e. The number of aryl methyl sites for hydroxylation is 1. The zero-order valence-electron chi connectivity index (χ0n) is 6.97. The molecule has 0 radical (unpaired) electrons. The van der Waals surface area contributed by atoms with Crippen LogP contribution in [0.15, 0.2) is 16.6 Å². The summed E-state index contributed by atoms with van der Waals surface area (Å²) in [6, 6.07) is 3.90. The monoisotopic (exact) mass is 229 g/mol. The van der Waals surface area contributed by atoms with E-state index in [-0.39, 0.29) is 0 Å². The van der Waals surface area contributed by atoms with Gasteiger partial charge < -0.3 is 11.1 Å². The molecule has 0 spiro atoms. The summed E-state index contributed by atoms with van der Waals surface area (Å²) in [5, 5.41) is 3.11. The molecule has 3 N–H and O–H groups in total. The average molecular weight is 230 g/mol. The fourth-order valence-corrected chi connectivity index (χ4v) is 1.06. The van der Waals surface area contributed by atoms with Crippen molar-refractivity contribution in [2.45, 2.75) is 6.92 Å². The minimum absolute atomic E-state index is 0.622. The summed E-state index contributed by atoms with van der Waals surface area (Å²) in [5.74, 6) is 0.876. The lowest BCUT2D eigenvalue weighted by Gasteiger charge is -2.04. The molecule has 66 valence electrons. The molecule has 1 aromatic rings. The van der Waals surface area contributed by atoms with Crippen LogP contribution < -0.4 is 11.1 Å². The minimum atomic E-state index is 0.622. The number of hydrogen-bond acceptors (Lipinski definition) is 3. The average Bonchev–Trinajstić information content (AvgIpc) is 2.07. The molecule has 0 unspecified atom stereocenters. The Morgan fingerprint density at radius 3 is 2.92 bits per heavy atom. The van der Waals surface area contributed by atoms with Crippen LogP contribution in [0.25, 0.3) is 0 Å². The molecule has 0 atom stereocenters. The second-order valence-corrected chi connectivity index (χ2v) is 3.33. The molecular weight excluding hydrogens is 218 g/mol. The molecule has 0 fully saturated rings. The molecule has 0 aromatic carbocycles. The first-order valence-electron chi connectivity index (χ1n) is 3.81. The van der Waals surface area contributed by atoms with Crippen LogP contribution in [0.1, 0.15) is 5.69 Å². The second kappa shape index (κ2) is 4.42. The molecule has 0 saturated carbocycles. The number of rotatable bonds is 3. The first kappa shape index (κ1) is 9.48. The Balaban J connectivity index is 2.69. The highest BCUT2D eigenvalue weighted by molar-refractivity contribution is 9.10. The van der Waals surface area contributed by atoms with Gasteiger partial charge in [-0.05, 0) is 35.0 Å². The van der Waals surface area contributed by atoms with Crippen LogP contribution in [0, 0.1) is 6.92 Å². The quantitative estimate of drug-likeness (QED) is 0.827. The van der Waals surface area contributed by atoms with E-state index in [1.165, 1.54) is 0 Å². The molecule has 4 heteroatoms. The van der Waals surface area contributed by atoms with Gasteiger partial charge in [0.25, 0.3) is 0 Å². The minimum Gasteiger partial charge on any atom is -0.369 e. The number of nitrogens with zero attached hydrogens (tertiary/aromatic N) is 1. The predicted molar refractivity (Wildman–Crippen MR) is 54.2 cm³/mol. The summed E-state index contributed by atoms with van der Waals surface area (Å²) in [4.78, 5) is 4.30. The van der Waals surface area contributed by atoms with Crippen LogP contribution in [0.3, 0.4) is 0 Å². The molecule has 1 aromatic heterocycles. The molecule has 0 aliphatic rings. The van der Waals surface area contributed by atoms with E-state index in [4.69, 9.17) is 5.73 Å². The summed E-state index contributed by atoms with van der Waals surface area (Å²) in [6.45, 7) is 3.34. The topological polar surface area (TPSA) is 50.9 Å². The van der Waals surface area contributed by atoms with Crippen molar-refractivity contribution in [3.8, 4) is 0 Å². The maximum Gasteiger partial charge on any atom is 0.126 e. The lowest BCUT2D eigenvalue weighted by molar-refractivity contribution is 1.00. The van der Waals surface area contributed by atoms with E-state index in [2.05, 4.69) is 26.2 Å². The van der Waals surface area contributed by atoms with Gasteiger partial charge in [-0.1, -0.05) is 0 Å². The summed E-state index contributed by atoms with van der Waals surface area (Å²) < 4.78 is 1.03. The van der Waals surface area contributed by atoms with Crippen LogP contribution in [-0.4, -0.2) is 18.1 Å². The van der Waals surface area contributed by atoms with E-state index in [0.717, 1.165) is 22.5 Å². The fraction of sp³-hybridized carbons (Fsp3) is 0.375. The van der Waals surface area contributed by atoms with E-state index in [9.17, 15) is 0 Å². The van der Waals surface area contributed by atoms with Crippen molar-refractivity contribution < 1.29 is 0 Å². The van der Waals surface area contributed by atoms with E-state index in [0.29, 0.717) is 6.54 Å². The van der Waals surface area contributed by atoms with Gasteiger partial charge in [-0.15, -0.1) is 0 Å². The zero-order valence-corrected chi connectivity index (χ0v) is 8.56. The van der Waals surface area contributed by atoms with Gasteiger partial charge in [0.15, 0.2) is 0 Å². The molecule has 3 nitrogen and oxygen atoms in total. The standard InChI is InChI=1S/C8H12BrN3/c1-6-7(9)2-3-8(12-6)11-5-4-10/h2-3H,4-5,10H2,1H3,(H,11,12). The van der Waals surface area contributed by atoms with Crippen molar-refractivity contribution in [1.82, 2.24) is 4.98 Å². The van der Waals surface area contributed by atoms with Crippen LogP contribution in [-0.2, 0) is 0 Å². The van der Waals surface area contributed by atoms with Gasteiger partial charge in [-0.25, -0.2) is 4.98 Å². The third-order valence-corrected chi connectivity index (χ3v) is 2.31. The summed E-state index contributed by atoms with van der Waals surface area (Å²) >= 11 is 3.38. The lowest BCUT2D eigenvalue weighted by atomic mass is 10.4. The number of nitrogens with two attached hydrogens (primary N) is 1. The Labute approximate surface area is 80.5 Å². The molecule has 1 heterocycles. The number of anilines is 1. The number of aromatic nitrogens is 1. The molecule has 0 aliphatic carbocycles. The van der Waals surface area contributed by atoms with Crippen molar-refractivity contribution in [1.29, 1.82) is 0 Å². The molecule has 0 aliphatic heterocycles. The van der Waals surface area contributed by atoms with Gasteiger partial charge in [-0.2, -0.15) is 0 Å². The SMILES string of the molecule is Cc1nc(NCCN)ccc1Br. The van der Waals surface area contributed by atoms with Crippen molar-refractivity contribution in [3.05, 3.63) is 22.3 Å². The third kappa shape index (κ3) is 2.46. The highest BCUT2D eigenvalue weighted by atomic mass is 79.9. The van der Waals surface area contributed by atoms with Crippen molar-refractivity contribution in [2.24, 2.45) is 5.73 Å². The van der Waals surface area contributed by atoms with E-state index in [1.807, 2.05) is 19.1 Å². The van der Waals surface area contributed by atoms with Gasteiger partial charge >= 0.3 is 0 Å². The molecule has 0 bridgehead atoms. The van der Waals surface area contributed by atoms with E-state index >= 15 is 0 Å². The Hall–Kier alpha value is -0.610. The molecule has 0 amide bonds. The van der Waals surface area contributed by atoms with Gasteiger partial charge in [0, 0.05) is 17.6 Å². The van der Waals surface area contributed by atoms with Crippen molar-refractivity contribution >= 4 is 21.7 Å². The largest absolute Gasteiger partial charge is 0.369 e. The van der Waals surface area contributed by atoms with Crippen LogP contribution >= 0.6 is 15.9 Å². The highest BCUT2D eigenvalue weighted by Gasteiger charge is 1.96. The second-order valence-electron chi connectivity index (χ2n) is 2.48. The summed E-state index contributed by atoms with van der Waals surface area (Å²) in [5.41, 5.74) is 6.33. The van der Waals surface area contributed by atoms with Gasteiger partial charge in [0.1, 0.15) is 5.82 Å².